The van der Waals surface area contributed by atoms with E-state index in [9.17, 15) is 10.2 Å². The summed E-state index contributed by atoms with van der Waals surface area (Å²) in [5.74, 6) is 4.41. The first-order valence-electron chi connectivity index (χ1n) is 17.5. The van der Waals surface area contributed by atoms with E-state index in [2.05, 4.69) is 48.9 Å². The number of methoxy groups -OCH3 is 1. The molecule has 0 aromatic carbocycles. The molecule has 4 fully saturated rings. The highest BCUT2D eigenvalue weighted by Crippen LogP contribution is 2.68. The molecule has 0 bridgehead atoms. The molecule has 1 aliphatic heterocycles. The molecule has 5 N–H and O–H groups in total. The van der Waals surface area contributed by atoms with Crippen molar-refractivity contribution in [2.75, 3.05) is 39.8 Å². The van der Waals surface area contributed by atoms with Gasteiger partial charge in [-0.25, -0.2) is 0 Å². The molecule has 0 saturated heterocycles. The minimum atomic E-state index is -0.636. The Labute approximate surface area is 251 Å². The van der Waals surface area contributed by atoms with Gasteiger partial charge in [-0.15, -0.1) is 0 Å². The third kappa shape index (κ3) is 6.93. The molecular formula is C35H63N3O3. The van der Waals surface area contributed by atoms with Gasteiger partial charge in [0.2, 0.25) is 0 Å². The zero-order valence-electron chi connectivity index (χ0n) is 26.8. The Bertz CT molecular complexity index is 855. The minimum Gasteiger partial charge on any atom is -0.393 e. The van der Waals surface area contributed by atoms with Gasteiger partial charge in [0, 0.05) is 38.7 Å². The van der Waals surface area contributed by atoms with Gasteiger partial charge in [0.15, 0.2) is 6.29 Å². The number of nitrogens with one attached hydrogen (secondary N) is 3. The number of aliphatic hydroxyl groups is 2. The lowest BCUT2D eigenvalue weighted by Gasteiger charge is -2.62. The van der Waals surface area contributed by atoms with Gasteiger partial charge < -0.3 is 30.9 Å². The molecule has 0 radical (unpaired) electrons. The standard InChI is InChI=1S/C35H63N3O3/c1-24(9-12-32(40)41-4)28-10-11-29-33-30(14-16-35(28,29)3)34(2)15-13-27(20-26(34)21-31(33)39)38-19-6-5-17-36-22-25-8-7-18-37-23-25/h7-8,24-33,36-40H,5-6,9-23H2,1-4H3/t24-,25?,26-,27-,28-,29?,30?,31+,32?,33?,34+,35-/m1/s1. The van der Waals surface area contributed by atoms with Crippen molar-refractivity contribution in [2.45, 2.75) is 116 Å². The smallest absolute Gasteiger partial charge is 0.154 e. The molecule has 4 aliphatic carbocycles. The van der Waals surface area contributed by atoms with Crippen LogP contribution in [-0.2, 0) is 4.74 Å². The van der Waals surface area contributed by atoms with Gasteiger partial charge in [-0.3, -0.25) is 0 Å². The molecule has 236 valence electrons. The van der Waals surface area contributed by atoms with Crippen molar-refractivity contribution in [1.29, 1.82) is 0 Å². The molecule has 6 nitrogen and oxygen atoms in total. The first-order valence-corrected chi connectivity index (χ1v) is 17.5. The minimum absolute atomic E-state index is 0.133. The number of ether oxygens (including phenoxy) is 1. The van der Waals surface area contributed by atoms with Gasteiger partial charge in [0.05, 0.1) is 6.10 Å². The van der Waals surface area contributed by atoms with E-state index < -0.39 is 6.29 Å². The Hall–Kier alpha value is -0.500. The largest absolute Gasteiger partial charge is 0.393 e. The number of fused-ring (bicyclic) bond motifs is 5. The van der Waals surface area contributed by atoms with E-state index in [-0.39, 0.29) is 6.10 Å². The van der Waals surface area contributed by atoms with E-state index in [1.165, 1.54) is 57.8 Å². The summed E-state index contributed by atoms with van der Waals surface area (Å²) >= 11 is 0. The van der Waals surface area contributed by atoms with Crippen LogP contribution in [0.4, 0.5) is 0 Å². The monoisotopic (exact) mass is 573 g/mol. The van der Waals surface area contributed by atoms with Crippen molar-refractivity contribution in [3.63, 3.8) is 0 Å². The van der Waals surface area contributed by atoms with Gasteiger partial charge in [0.25, 0.3) is 0 Å². The van der Waals surface area contributed by atoms with E-state index in [0.717, 1.165) is 52.0 Å². The molecule has 1 heterocycles. The zero-order chi connectivity index (χ0) is 29.0. The van der Waals surface area contributed by atoms with Crippen LogP contribution in [0.15, 0.2) is 12.2 Å². The number of hydrogen-bond acceptors (Lipinski definition) is 6. The summed E-state index contributed by atoms with van der Waals surface area (Å²) in [6.45, 7) is 13.0. The summed E-state index contributed by atoms with van der Waals surface area (Å²) in [4.78, 5) is 0. The third-order valence-corrected chi connectivity index (χ3v) is 13.3. The summed E-state index contributed by atoms with van der Waals surface area (Å²) in [6, 6.07) is 0.622. The molecule has 41 heavy (non-hydrogen) atoms. The maximum Gasteiger partial charge on any atom is 0.154 e. The summed E-state index contributed by atoms with van der Waals surface area (Å²) in [5, 5.41) is 32.7. The van der Waals surface area contributed by atoms with E-state index in [4.69, 9.17) is 4.74 Å². The molecule has 5 rings (SSSR count). The Morgan fingerprint density at radius 2 is 1.78 bits per heavy atom. The molecule has 0 aromatic rings. The Kier molecular flexibility index (Phi) is 11.0. The summed E-state index contributed by atoms with van der Waals surface area (Å²) < 4.78 is 5.12. The van der Waals surface area contributed by atoms with Gasteiger partial charge in [-0.05, 0) is 136 Å². The van der Waals surface area contributed by atoms with Gasteiger partial charge >= 0.3 is 0 Å². The van der Waals surface area contributed by atoms with Crippen LogP contribution in [0, 0.1) is 52.3 Å². The molecular weight excluding hydrogens is 510 g/mol. The van der Waals surface area contributed by atoms with Crippen LogP contribution >= 0.6 is 0 Å². The fraction of sp³-hybridized carbons (Fsp3) is 0.943. The van der Waals surface area contributed by atoms with E-state index in [1.807, 2.05) is 0 Å². The van der Waals surface area contributed by atoms with Crippen LogP contribution in [0.2, 0.25) is 0 Å². The Morgan fingerprint density at radius 1 is 1.00 bits per heavy atom. The number of hydrogen-bond donors (Lipinski definition) is 5. The van der Waals surface area contributed by atoms with Crippen molar-refractivity contribution in [3.05, 3.63) is 12.2 Å². The zero-order valence-corrected chi connectivity index (χ0v) is 26.8. The van der Waals surface area contributed by atoms with E-state index in [1.54, 1.807) is 7.11 Å². The molecule has 4 saturated carbocycles. The van der Waals surface area contributed by atoms with E-state index >= 15 is 0 Å². The van der Waals surface area contributed by atoms with Crippen LogP contribution in [0.5, 0.6) is 0 Å². The lowest BCUT2D eigenvalue weighted by atomic mass is 9.43. The molecule has 12 atom stereocenters. The first-order chi connectivity index (χ1) is 19.8. The fourth-order valence-electron chi connectivity index (χ4n) is 10.9. The SMILES string of the molecule is COC(O)CC[C@@H](C)[C@H]1CCC2C3C(CC[C@@]21C)[C@@]1(C)CC[C@@H](NCCCCNCC2C=CCNC2)C[C@@H]1C[C@@H]3O. The predicted molar refractivity (Wildman–Crippen MR) is 167 cm³/mol. The normalized spacial score (nSPS) is 43.7. The van der Waals surface area contributed by atoms with Crippen molar-refractivity contribution in [3.8, 4) is 0 Å². The van der Waals surface area contributed by atoms with Gasteiger partial charge in [0.1, 0.15) is 0 Å². The second-order valence-corrected chi connectivity index (χ2v) is 15.5. The first kappa shape index (κ1) is 31.9. The average molecular weight is 574 g/mol. The highest BCUT2D eigenvalue weighted by Gasteiger charge is 2.62. The molecule has 6 heteroatoms. The van der Waals surface area contributed by atoms with Gasteiger partial charge in [-0.1, -0.05) is 32.9 Å². The summed E-state index contributed by atoms with van der Waals surface area (Å²) in [5.41, 5.74) is 0.725. The van der Waals surface area contributed by atoms with Crippen molar-refractivity contribution in [2.24, 2.45) is 52.3 Å². The van der Waals surface area contributed by atoms with Crippen LogP contribution in [0.3, 0.4) is 0 Å². The van der Waals surface area contributed by atoms with Crippen molar-refractivity contribution in [1.82, 2.24) is 16.0 Å². The topological polar surface area (TPSA) is 85.8 Å². The Morgan fingerprint density at radius 3 is 2.56 bits per heavy atom. The highest BCUT2D eigenvalue weighted by molar-refractivity contribution is 5.12. The van der Waals surface area contributed by atoms with Gasteiger partial charge in [-0.2, -0.15) is 0 Å². The van der Waals surface area contributed by atoms with Crippen LogP contribution in [0.25, 0.3) is 0 Å². The summed E-state index contributed by atoms with van der Waals surface area (Å²) in [7, 11) is 1.60. The average Bonchev–Trinajstić information content (AvgIpc) is 3.33. The third-order valence-electron chi connectivity index (χ3n) is 13.3. The molecule has 0 spiro atoms. The molecule has 0 aromatic heterocycles. The van der Waals surface area contributed by atoms with E-state index in [0.29, 0.717) is 58.3 Å². The number of unbranched alkanes of at least 4 members (excludes halogenated alkanes) is 1. The van der Waals surface area contributed by atoms with Crippen LogP contribution < -0.4 is 16.0 Å². The lowest BCUT2D eigenvalue weighted by molar-refractivity contribution is -0.167. The predicted octanol–water partition coefficient (Wildman–Crippen LogP) is 5.10. The second-order valence-electron chi connectivity index (χ2n) is 15.5. The number of rotatable bonds is 13. The lowest BCUT2D eigenvalue weighted by Crippen LogP contribution is -2.59. The van der Waals surface area contributed by atoms with Crippen LogP contribution in [-0.4, -0.2) is 68.5 Å². The molecule has 0 amide bonds. The maximum atomic E-state index is 11.7. The number of aliphatic hydroxyl groups excluding tert-OH is 2. The van der Waals surface area contributed by atoms with Crippen molar-refractivity contribution < 1.29 is 14.9 Å². The Balaban J connectivity index is 1.09. The van der Waals surface area contributed by atoms with Crippen LogP contribution in [0.1, 0.15) is 97.8 Å². The summed E-state index contributed by atoms with van der Waals surface area (Å²) in [6.07, 6.45) is 18.1. The van der Waals surface area contributed by atoms with Crippen molar-refractivity contribution >= 4 is 0 Å². The quantitative estimate of drug-likeness (QED) is 0.120. The molecule has 5 aliphatic rings. The second kappa shape index (κ2) is 14.1. The maximum absolute atomic E-state index is 11.7. The fourth-order valence-corrected chi connectivity index (χ4v) is 10.9. The highest BCUT2D eigenvalue weighted by atomic mass is 16.6. The molecule has 5 unspecified atom stereocenters.